The molecule has 1 fully saturated rings. The zero-order chi connectivity index (χ0) is 19.3. The third kappa shape index (κ3) is 5.52. The smallest absolute Gasteiger partial charge is 0.263 e. The summed E-state index contributed by atoms with van der Waals surface area (Å²) in [7, 11) is 0. The Morgan fingerprint density at radius 3 is 2.35 bits per heavy atom. The van der Waals surface area contributed by atoms with Crippen molar-refractivity contribution in [3.63, 3.8) is 0 Å². The Labute approximate surface area is 165 Å². The second-order valence-corrected chi connectivity index (χ2v) is 7.96. The summed E-state index contributed by atoms with van der Waals surface area (Å²) in [5.41, 5.74) is 1.09. The number of hydrogen-bond acceptors (Lipinski definition) is 3. The lowest BCUT2D eigenvalue weighted by atomic mass is 10.0. The summed E-state index contributed by atoms with van der Waals surface area (Å²) < 4.78 is 5.95. The van der Waals surface area contributed by atoms with Crippen LogP contribution in [0.1, 0.15) is 45.1 Å². The number of benzene rings is 1. The van der Waals surface area contributed by atoms with Crippen LogP contribution < -0.4 is 10.1 Å². The lowest BCUT2D eigenvalue weighted by Crippen LogP contribution is -2.50. The van der Waals surface area contributed by atoms with Gasteiger partial charge in [-0.25, -0.2) is 0 Å². The van der Waals surface area contributed by atoms with Gasteiger partial charge in [-0.05, 0) is 37.3 Å². The number of halogens is 2. The number of ether oxygens (including phenoxy) is 1. The molecule has 7 heteroatoms. The van der Waals surface area contributed by atoms with E-state index in [0.717, 1.165) is 11.3 Å². The molecular weight excluding hydrogens is 375 g/mol. The second-order valence-electron chi connectivity index (χ2n) is 6.86. The van der Waals surface area contributed by atoms with Crippen LogP contribution in [-0.4, -0.2) is 46.8 Å². The third-order valence-corrected chi connectivity index (χ3v) is 4.94. The summed E-state index contributed by atoms with van der Waals surface area (Å²) in [6.07, 6.45) is 0.789. The van der Waals surface area contributed by atoms with Gasteiger partial charge < -0.3 is 15.0 Å². The molecule has 5 nitrogen and oxygen atoms in total. The number of para-hydroxylation sites is 1. The molecule has 0 spiro atoms. The highest BCUT2D eigenvalue weighted by atomic mass is 35.5. The zero-order valence-corrected chi connectivity index (χ0v) is 16.9. The Hall–Kier alpha value is -1.46. The van der Waals surface area contributed by atoms with E-state index in [2.05, 4.69) is 19.2 Å². The van der Waals surface area contributed by atoms with E-state index in [1.54, 1.807) is 11.8 Å². The van der Waals surface area contributed by atoms with Crippen LogP contribution in [0.5, 0.6) is 5.75 Å². The highest BCUT2D eigenvalue weighted by Gasteiger charge is 2.28. The van der Waals surface area contributed by atoms with Crippen LogP contribution in [0.4, 0.5) is 0 Å². The van der Waals surface area contributed by atoms with Crippen molar-refractivity contribution in [1.29, 1.82) is 0 Å². The number of hydrogen-bond donors (Lipinski definition) is 1. The molecule has 1 unspecified atom stereocenters. The van der Waals surface area contributed by atoms with E-state index in [4.69, 9.17) is 27.9 Å². The molecule has 1 heterocycles. The fourth-order valence-corrected chi connectivity index (χ4v) is 3.20. The van der Waals surface area contributed by atoms with Crippen molar-refractivity contribution in [3.8, 4) is 5.75 Å². The molecule has 1 aromatic rings. The lowest BCUT2D eigenvalue weighted by molar-refractivity contribution is -0.139. The SMILES string of the molecule is CC(Oc1ccccc1C(C)C)C(=O)N1CCC(NC(=O)C(Cl)Cl)CC1. The van der Waals surface area contributed by atoms with Gasteiger partial charge in [0.2, 0.25) is 0 Å². The number of rotatable bonds is 6. The van der Waals surface area contributed by atoms with Crippen LogP contribution in [0.2, 0.25) is 0 Å². The fraction of sp³-hybridized carbons (Fsp3) is 0.579. The first-order valence-corrected chi connectivity index (χ1v) is 9.79. The number of carbonyl (C=O) groups is 2. The highest BCUT2D eigenvalue weighted by molar-refractivity contribution is 6.53. The van der Waals surface area contributed by atoms with Crippen molar-refractivity contribution in [2.75, 3.05) is 13.1 Å². The summed E-state index contributed by atoms with van der Waals surface area (Å²) in [4.78, 5) is 25.0. The van der Waals surface area contributed by atoms with Crippen LogP contribution in [0.15, 0.2) is 24.3 Å². The third-order valence-electron chi connectivity index (χ3n) is 4.54. The standard InChI is InChI=1S/C19H26Cl2N2O3/c1-12(2)15-6-4-5-7-16(15)26-13(3)19(25)23-10-8-14(9-11-23)22-18(24)17(20)21/h4-7,12-14,17H,8-11H2,1-3H3,(H,22,24). The summed E-state index contributed by atoms with van der Waals surface area (Å²) >= 11 is 11.1. The van der Waals surface area contributed by atoms with Crippen LogP contribution in [0, 0.1) is 0 Å². The van der Waals surface area contributed by atoms with Gasteiger partial charge in [-0.1, -0.05) is 55.2 Å². The average molecular weight is 401 g/mol. The molecule has 1 atom stereocenters. The second kappa shape index (κ2) is 9.47. The molecule has 26 heavy (non-hydrogen) atoms. The number of alkyl halides is 2. The quantitative estimate of drug-likeness (QED) is 0.743. The van der Waals surface area contributed by atoms with E-state index in [9.17, 15) is 9.59 Å². The Bertz CT molecular complexity index is 629. The summed E-state index contributed by atoms with van der Waals surface area (Å²) in [5, 5.41) is 2.79. The molecule has 1 N–H and O–H groups in total. The number of likely N-dealkylation sites (tertiary alicyclic amines) is 1. The summed E-state index contributed by atoms with van der Waals surface area (Å²) in [6.45, 7) is 7.11. The molecule has 0 bridgehead atoms. The Kier molecular flexibility index (Phi) is 7.59. The van der Waals surface area contributed by atoms with Gasteiger partial charge in [0.25, 0.3) is 11.8 Å². The molecule has 1 aliphatic heterocycles. The average Bonchev–Trinajstić information content (AvgIpc) is 2.61. The molecule has 2 amide bonds. The molecule has 0 saturated carbocycles. The van der Waals surface area contributed by atoms with Crippen LogP contribution >= 0.6 is 23.2 Å². The molecule has 1 aliphatic rings. The van der Waals surface area contributed by atoms with Crippen molar-refractivity contribution in [1.82, 2.24) is 10.2 Å². The molecular formula is C19H26Cl2N2O3. The molecule has 1 aromatic carbocycles. The maximum atomic E-state index is 12.7. The van der Waals surface area contributed by atoms with Gasteiger partial charge in [-0.2, -0.15) is 0 Å². The molecule has 0 aliphatic carbocycles. The van der Waals surface area contributed by atoms with Crippen LogP contribution in [-0.2, 0) is 9.59 Å². The molecule has 2 rings (SSSR count). The van der Waals surface area contributed by atoms with Gasteiger partial charge >= 0.3 is 0 Å². The van der Waals surface area contributed by atoms with Gasteiger partial charge in [0.1, 0.15) is 5.75 Å². The first-order valence-electron chi connectivity index (χ1n) is 8.92. The minimum Gasteiger partial charge on any atom is -0.481 e. The predicted molar refractivity (Wildman–Crippen MR) is 104 cm³/mol. The number of carbonyl (C=O) groups excluding carboxylic acids is 2. The molecule has 144 valence electrons. The normalized spacial score (nSPS) is 16.7. The number of piperidine rings is 1. The van der Waals surface area contributed by atoms with Gasteiger partial charge in [0.05, 0.1) is 0 Å². The predicted octanol–water partition coefficient (Wildman–Crippen LogP) is 3.49. The van der Waals surface area contributed by atoms with Gasteiger partial charge in [-0.15, -0.1) is 0 Å². The van der Waals surface area contributed by atoms with E-state index in [1.807, 2.05) is 24.3 Å². The largest absolute Gasteiger partial charge is 0.481 e. The van der Waals surface area contributed by atoms with E-state index >= 15 is 0 Å². The first kappa shape index (κ1) is 20.8. The van der Waals surface area contributed by atoms with E-state index in [1.165, 1.54) is 0 Å². The number of amides is 2. The van der Waals surface area contributed by atoms with Crippen molar-refractivity contribution < 1.29 is 14.3 Å². The minimum atomic E-state index is -1.07. The van der Waals surface area contributed by atoms with E-state index in [0.29, 0.717) is 31.8 Å². The number of nitrogens with one attached hydrogen (secondary N) is 1. The zero-order valence-electron chi connectivity index (χ0n) is 15.4. The summed E-state index contributed by atoms with van der Waals surface area (Å²) in [5.74, 6) is 0.641. The topological polar surface area (TPSA) is 58.6 Å². The number of nitrogens with zero attached hydrogens (tertiary/aromatic N) is 1. The minimum absolute atomic E-state index is 0.00978. The molecule has 0 radical (unpaired) electrons. The van der Waals surface area contributed by atoms with E-state index in [-0.39, 0.29) is 17.9 Å². The molecule has 1 saturated heterocycles. The summed E-state index contributed by atoms with van der Waals surface area (Å²) in [6, 6.07) is 7.79. The van der Waals surface area contributed by atoms with E-state index < -0.39 is 10.9 Å². The van der Waals surface area contributed by atoms with Gasteiger partial charge in [-0.3, -0.25) is 9.59 Å². The fourth-order valence-electron chi connectivity index (χ4n) is 3.07. The Morgan fingerprint density at radius 2 is 1.77 bits per heavy atom. The maximum Gasteiger partial charge on any atom is 0.263 e. The Morgan fingerprint density at radius 1 is 1.15 bits per heavy atom. The van der Waals surface area contributed by atoms with Gasteiger partial charge in [0, 0.05) is 19.1 Å². The van der Waals surface area contributed by atoms with Gasteiger partial charge in [0.15, 0.2) is 10.9 Å². The van der Waals surface area contributed by atoms with Crippen LogP contribution in [0.3, 0.4) is 0 Å². The first-order chi connectivity index (χ1) is 12.3. The van der Waals surface area contributed by atoms with Crippen molar-refractivity contribution >= 4 is 35.0 Å². The monoisotopic (exact) mass is 400 g/mol. The maximum absolute atomic E-state index is 12.7. The van der Waals surface area contributed by atoms with Crippen molar-refractivity contribution in [2.24, 2.45) is 0 Å². The van der Waals surface area contributed by atoms with Crippen molar-refractivity contribution in [2.45, 2.75) is 56.5 Å². The van der Waals surface area contributed by atoms with Crippen molar-refractivity contribution in [3.05, 3.63) is 29.8 Å². The lowest BCUT2D eigenvalue weighted by Gasteiger charge is -2.34. The molecule has 0 aromatic heterocycles. The van der Waals surface area contributed by atoms with Crippen LogP contribution in [0.25, 0.3) is 0 Å². The highest BCUT2D eigenvalue weighted by Crippen LogP contribution is 2.27. The Balaban J connectivity index is 1.89.